The predicted octanol–water partition coefficient (Wildman–Crippen LogP) is -0.113. The summed E-state index contributed by atoms with van der Waals surface area (Å²) in [6.07, 6.45) is -0.400. The lowest BCUT2D eigenvalue weighted by atomic mass is 10.0. The first-order valence-electron chi connectivity index (χ1n) is 16.5. The Kier molecular flexibility index (Phi) is 19.0. The molecule has 2 rings (SSSR count). The molecule has 0 aliphatic carbocycles. The second-order valence-corrected chi connectivity index (χ2v) is 12.4. The van der Waals surface area contributed by atoms with Crippen LogP contribution in [0.3, 0.4) is 0 Å². The van der Waals surface area contributed by atoms with Gasteiger partial charge < -0.3 is 56.7 Å². The molecule has 6 atom stereocenters. The number of benzene rings is 1. The fraction of sp³-hybridized carbons (Fsp3) is 0.719. The van der Waals surface area contributed by atoms with Crippen LogP contribution >= 0.6 is 11.6 Å². The van der Waals surface area contributed by atoms with E-state index in [0.29, 0.717) is 43.7 Å². The highest BCUT2D eigenvalue weighted by atomic mass is 35.5. The molecule has 1 aromatic rings. The highest BCUT2D eigenvalue weighted by Gasteiger charge is 2.33. The van der Waals surface area contributed by atoms with Gasteiger partial charge in [-0.2, -0.15) is 0 Å². The van der Waals surface area contributed by atoms with Gasteiger partial charge in [-0.25, -0.2) is 0 Å². The molecule has 1 fully saturated rings. The first-order chi connectivity index (χ1) is 22.9. The Morgan fingerprint density at radius 1 is 0.958 bits per heavy atom. The van der Waals surface area contributed by atoms with Crippen molar-refractivity contribution in [2.75, 3.05) is 52.7 Å². The number of rotatable bonds is 22. The standard InChI is InChI=1S/C32H54ClN5O10/c1-47-25-10-9-15-38(31(25)37-32(46)20-16-21(33)22(34)17-26(20)48-2)14-8-4-6-11-27(42)35-13-7-3-5-12-28(43)36-18-23(40)29(44)30(45)24(41)19-39/h16-17,23-25,29-31,39-41,44-45H,3-15,18-19,34H2,1-2H3,(H,35,42)(H,36,43)(H,37,46)/t23-,24+,25-,29+,30+,31?/m0/s1. The molecule has 0 aromatic heterocycles. The lowest BCUT2D eigenvalue weighted by molar-refractivity contribution is -0.126. The van der Waals surface area contributed by atoms with E-state index in [1.807, 2.05) is 0 Å². The average molecular weight is 704 g/mol. The Morgan fingerprint density at radius 3 is 2.25 bits per heavy atom. The summed E-state index contributed by atoms with van der Waals surface area (Å²) in [6, 6.07) is 3.02. The summed E-state index contributed by atoms with van der Waals surface area (Å²) in [5, 5.41) is 56.1. The minimum absolute atomic E-state index is 0.0348. The molecule has 1 aromatic carbocycles. The van der Waals surface area contributed by atoms with Gasteiger partial charge >= 0.3 is 0 Å². The zero-order valence-electron chi connectivity index (χ0n) is 27.9. The van der Waals surface area contributed by atoms with Gasteiger partial charge in [-0.1, -0.05) is 24.4 Å². The van der Waals surface area contributed by atoms with Gasteiger partial charge in [0.25, 0.3) is 5.91 Å². The van der Waals surface area contributed by atoms with Crippen LogP contribution in [0.25, 0.3) is 0 Å². The molecule has 0 bridgehead atoms. The Balaban J connectivity index is 1.62. The summed E-state index contributed by atoms with van der Waals surface area (Å²) >= 11 is 6.17. The lowest BCUT2D eigenvalue weighted by Crippen LogP contribution is -2.58. The van der Waals surface area contributed by atoms with E-state index in [-0.39, 0.29) is 53.5 Å². The number of nitrogens with zero attached hydrogens (tertiary/aromatic N) is 1. The van der Waals surface area contributed by atoms with Crippen molar-refractivity contribution in [3.05, 3.63) is 22.7 Å². The third-order valence-corrected chi connectivity index (χ3v) is 8.74. The van der Waals surface area contributed by atoms with Crippen LogP contribution in [0.1, 0.15) is 74.6 Å². The van der Waals surface area contributed by atoms with Crippen LogP contribution < -0.4 is 26.4 Å². The maximum Gasteiger partial charge on any atom is 0.256 e. The molecule has 1 aliphatic rings. The normalized spacial score (nSPS) is 19.2. The molecule has 0 spiro atoms. The first kappa shape index (κ1) is 41.4. The van der Waals surface area contributed by atoms with Gasteiger partial charge in [-0.15, -0.1) is 0 Å². The van der Waals surface area contributed by atoms with E-state index in [9.17, 15) is 34.8 Å². The van der Waals surface area contributed by atoms with Gasteiger partial charge in [0.2, 0.25) is 11.8 Å². The van der Waals surface area contributed by atoms with Crippen LogP contribution in [0.2, 0.25) is 5.02 Å². The molecule has 1 aliphatic heterocycles. The van der Waals surface area contributed by atoms with Crippen LogP contribution in [0, 0.1) is 0 Å². The summed E-state index contributed by atoms with van der Waals surface area (Å²) in [4.78, 5) is 39.7. The molecule has 0 saturated carbocycles. The minimum atomic E-state index is -1.75. The lowest BCUT2D eigenvalue weighted by Gasteiger charge is -2.41. The molecular weight excluding hydrogens is 650 g/mol. The third-order valence-electron chi connectivity index (χ3n) is 8.41. The topological polar surface area (TPSA) is 236 Å². The molecule has 1 unspecified atom stereocenters. The number of nitrogen functional groups attached to an aromatic ring is 1. The van der Waals surface area contributed by atoms with Crippen molar-refractivity contribution >= 4 is 35.0 Å². The highest BCUT2D eigenvalue weighted by Crippen LogP contribution is 2.29. The smallest absolute Gasteiger partial charge is 0.256 e. The van der Waals surface area contributed by atoms with E-state index in [2.05, 4.69) is 20.9 Å². The molecular formula is C32H54ClN5O10. The van der Waals surface area contributed by atoms with Crippen molar-refractivity contribution < 1.29 is 49.4 Å². The summed E-state index contributed by atoms with van der Waals surface area (Å²) < 4.78 is 11.0. The largest absolute Gasteiger partial charge is 0.496 e. The van der Waals surface area contributed by atoms with Crippen LogP contribution in [-0.2, 0) is 14.3 Å². The van der Waals surface area contributed by atoms with Crippen LogP contribution in [-0.4, -0.2) is 132 Å². The molecule has 48 heavy (non-hydrogen) atoms. The quantitative estimate of drug-likeness (QED) is 0.0568. The van der Waals surface area contributed by atoms with Gasteiger partial charge in [0, 0.05) is 52.2 Å². The second-order valence-electron chi connectivity index (χ2n) is 12.0. The Morgan fingerprint density at radius 2 is 1.60 bits per heavy atom. The molecule has 3 amide bonds. The van der Waals surface area contributed by atoms with E-state index in [4.69, 9.17) is 31.9 Å². The van der Waals surface area contributed by atoms with E-state index in [0.717, 1.165) is 45.2 Å². The maximum absolute atomic E-state index is 13.2. The molecule has 10 N–H and O–H groups in total. The van der Waals surface area contributed by atoms with Gasteiger partial charge in [0.05, 0.1) is 42.2 Å². The number of nitrogens with two attached hydrogens (primary N) is 1. The number of likely N-dealkylation sites (tertiary alicyclic amines) is 1. The van der Waals surface area contributed by atoms with Crippen molar-refractivity contribution in [1.82, 2.24) is 20.9 Å². The number of hydrogen-bond donors (Lipinski definition) is 9. The van der Waals surface area contributed by atoms with E-state index >= 15 is 0 Å². The number of anilines is 1. The number of unbranched alkanes of at least 4 members (excludes halogenated alkanes) is 4. The fourth-order valence-corrected chi connectivity index (χ4v) is 5.67. The van der Waals surface area contributed by atoms with E-state index < -0.39 is 31.0 Å². The van der Waals surface area contributed by atoms with Gasteiger partial charge in [-0.3, -0.25) is 19.3 Å². The van der Waals surface area contributed by atoms with Crippen molar-refractivity contribution in [2.24, 2.45) is 0 Å². The monoisotopic (exact) mass is 703 g/mol. The number of ether oxygens (including phenoxy) is 2. The SMILES string of the molecule is COc1cc(N)c(Cl)cc1C(=O)NC1[C@@H](OC)CCCN1CCCCCC(=O)NCCCCCC(=O)NC[C@H](O)[C@@H](O)[C@H](O)[C@H](O)CO. The van der Waals surface area contributed by atoms with Crippen molar-refractivity contribution in [3.63, 3.8) is 0 Å². The maximum atomic E-state index is 13.2. The van der Waals surface area contributed by atoms with Crippen molar-refractivity contribution in [1.29, 1.82) is 0 Å². The van der Waals surface area contributed by atoms with Gasteiger partial charge in [0.1, 0.15) is 30.2 Å². The molecule has 1 saturated heterocycles. The zero-order chi connectivity index (χ0) is 35.6. The third kappa shape index (κ3) is 13.6. The summed E-state index contributed by atoms with van der Waals surface area (Å²) in [5.41, 5.74) is 6.48. The number of nitrogens with one attached hydrogen (secondary N) is 3. The summed E-state index contributed by atoms with van der Waals surface area (Å²) in [6.45, 7) is 0.932. The minimum Gasteiger partial charge on any atom is -0.496 e. The van der Waals surface area contributed by atoms with Gasteiger partial charge in [0.15, 0.2) is 0 Å². The average Bonchev–Trinajstić information content (AvgIpc) is 3.08. The number of amides is 3. The number of halogens is 1. The number of aliphatic hydroxyl groups excluding tert-OH is 5. The number of aliphatic hydroxyl groups is 5. The fourth-order valence-electron chi connectivity index (χ4n) is 5.51. The van der Waals surface area contributed by atoms with Crippen molar-refractivity contribution in [3.8, 4) is 5.75 Å². The molecule has 16 heteroatoms. The van der Waals surface area contributed by atoms with E-state index in [1.165, 1.54) is 19.2 Å². The Hall–Kier alpha value is -2.76. The zero-order valence-corrected chi connectivity index (χ0v) is 28.7. The molecule has 1 heterocycles. The highest BCUT2D eigenvalue weighted by molar-refractivity contribution is 6.33. The van der Waals surface area contributed by atoms with Crippen molar-refractivity contribution in [2.45, 2.75) is 101 Å². The van der Waals surface area contributed by atoms with E-state index in [1.54, 1.807) is 7.11 Å². The molecule has 274 valence electrons. The number of methoxy groups -OCH3 is 2. The number of hydrogen-bond acceptors (Lipinski definition) is 12. The predicted molar refractivity (Wildman–Crippen MR) is 179 cm³/mol. The first-order valence-corrected chi connectivity index (χ1v) is 16.9. The molecule has 15 nitrogen and oxygen atoms in total. The summed E-state index contributed by atoms with van der Waals surface area (Å²) in [7, 11) is 3.10. The van der Waals surface area contributed by atoms with Crippen LogP contribution in [0.4, 0.5) is 5.69 Å². The second kappa shape index (κ2) is 22.1. The molecule has 0 radical (unpaired) electrons. The summed E-state index contributed by atoms with van der Waals surface area (Å²) in [5.74, 6) is -0.379. The van der Waals surface area contributed by atoms with Gasteiger partial charge in [-0.05, 0) is 44.6 Å². The van der Waals surface area contributed by atoms with Crippen LogP contribution in [0.15, 0.2) is 12.1 Å². The Labute approximate surface area is 287 Å². The number of carbonyl (C=O) groups is 3. The van der Waals surface area contributed by atoms with Crippen LogP contribution in [0.5, 0.6) is 5.75 Å². The Bertz CT molecular complexity index is 1150. The number of carbonyl (C=O) groups excluding carboxylic acids is 3. The number of piperidine rings is 1.